The third-order valence-corrected chi connectivity index (χ3v) is 22.3. The van der Waals surface area contributed by atoms with Gasteiger partial charge in [-0.2, -0.15) is 0 Å². The van der Waals surface area contributed by atoms with Crippen LogP contribution < -0.4 is 26.2 Å². The van der Waals surface area contributed by atoms with Gasteiger partial charge < -0.3 is 18.9 Å². The number of hydrogen-bond donors (Lipinski definition) is 0. The molecule has 0 saturated carbocycles. The number of para-hydroxylation sites is 6. The number of fused-ring (bicyclic) bond motifs is 12. The van der Waals surface area contributed by atoms with Crippen LogP contribution in [0.2, 0.25) is 0 Å². The molecule has 5 heterocycles. The Morgan fingerprint density at radius 1 is 0.340 bits per heavy atom. The fraction of sp³-hybridized carbons (Fsp3) is 0.0722. The Kier molecular flexibility index (Phi) is 10.6. The Hall–Kier alpha value is -12.1. The van der Waals surface area contributed by atoms with Gasteiger partial charge in [-0.25, -0.2) is 0 Å². The van der Waals surface area contributed by atoms with E-state index < -0.39 is 114 Å². The molecule has 4 nitrogen and oxygen atoms in total. The second kappa shape index (κ2) is 23.5. The van der Waals surface area contributed by atoms with Crippen molar-refractivity contribution in [2.45, 2.75) is 55.2 Å². The number of hydrogen-bond acceptors (Lipinski definition) is 3. The van der Waals surface area contributed by atoms with Crippen molar-refractivity contribution in [3.05, 3.63) is 356 Å². The van der Waals surface area contributed by atoms with Crippen molar-refractivity contribution < 1.29 is 21.9 Å². The van der Waals surface area contributed by atoms with E-state index in [0.29, 0.717) is 22.0 Å². The minimum atomic E-state index is -0.679. The van der Waals surface area contributed by atoms with E-state index in [1.54, 1.807) is 9.13 Å². The van der Waals surface area contributed by atoms with Crippen molar-refractivity contribution >= 4 is 113 Å². The van der Waals surface area contributed by atoms with E-state index in [4.69, 9.17) is 8.22 Å². The summed E-state index contributed by atoms with van der Waals surface area (Å²) in [6.45, 7) is 10.5. The lowest BCUT2D eigenvalue weighted by Crippen LogP contribution is -2.60. The van der Waals surface area contributed by atoms with Crippen LogP contribution in [0.4, 0.5) is 34.1 Å². The molecule has 0 spiro atoms. The third kappa shape index (κ3) is 9.68. The smallest absolute Gasteiger partial charge is 0.249 e. The van der Waals surface area contributed by atoms with E-state index in [-0.39, 0.29) is 43.6 Å². The lowest BCUT2D eigenvalue weighted by molar-refractivity contribution is 0.591. The first-order valence-electron chi connectivity index (χ1n) is 42.7. The first kappa shape index (κ1) is 46.4. The lowest BCUT2D eigenvalue weighted by atomic mass is 9.34. The van der Waals surface area contributed by atoms with Crippen molar-refractivity contribution in [2.75, 3.05) is 9.80 Å². The first-order chi connectivity index (χ1) is 57.1. The maximum Gasteiger partial charge on any atom is 0.249 e. The summed E-state index contributed by atoms with van der Waals surface area (Å²) in [5.74, 6) is 0. The Labute approximate surface area is 628 Å². The molecule has 6 heteroatoms. The molecule has 3 aliphatic heterocycles. The maximum absolute atomic E-state index is 9.91. The zero-order chi connectivity index (χ0) is 82.7. The molecule has 488 valence electrons. The summed E-state index contributed by atoms with van der Waals surface area (Å²) >= 11 is 1.52. The minimum absolute atomic E-state index is 0.0221. The fourth-order valence-corrected chi connectivity index (χ4v) is 17.5. The molecule has 3 aliphatic rings. The maximum atomic E-state index is 9.91. The largest absolute Gasteiger partial charge is 0.310 e. The molecular formula is C97H71BN4S. The van der Waals surface area contributed by atoms with Crippen molar-refractivity contribution in [1.29, 1.82) is 0 Å². The van der Waals surface area contributed by atoms with Crippen LogP contribution in [0.1, 0.15) is 73.2 Å². The number of benzene rings is 15. The molecule has 0 bridgehead atoms. The van der Waals surface area contributed by atoms with Gasteiger partial charge >= 0.3 is 0 Å². The molecule has 0 radical (unpaired) electrons. The van der Waals surface area contributed by atoms with Gasteiger partial charge in [-0.15, -0.1) is 0 Å². The van der Waals surface area contributed by atoms with Crippen LogP contribution in [0.3, 0.4) is 0 Å². The van der Waals surface area contributed by atoms with Crippen LogP contribution in [0.15, 0.2) is 349 Å². The number of rotatable bonds is 9. The lowest BCUT2D eigenvalue weighted by Gasteiger charge is -2.43. The summed E-state index contributed by atoms with van der Waals surface area (Å²) in [6.07, 6.45) is 0. The quantitative estimate of drug-likeness (QED) is 0.134. The van der Waals surface area contributed by atoms with Crippen molar-refractivity contribution in [3.8, 4) is 67.0 Å². The van der Waals surface area contributed by atoms with Gasteiger partial charge in [-0.3, -0.25) is 0 Å². The van der Waals surface area contributed by atoms with Gasteiger partial charge in [0.15, 0.2) is 0 Å². The highest BCUT2D eigenvalue weighted by Crippen LogP contribution is 2.56. The summed E-state index contributed by atoms with van der Waals surface area (Å²) in [5, 5.41) is -0.242. The molecule has 0 N–H and O–H groups in total. The molecule has 0 fully saturated rings. The minimum Gasteiger partial charge on any atom is -0.310 e. The molecule has 2 aromatic heterocycles. The topological polar surface area (TPSA) is 16.3 Å². The van der Waals surface area contributed by atoms with Crippen molar-refractivity contribution in [2.24, 2.45) is 0 Å². The molecule has 0 aliphatic carbocycles. The van der Waals surface area contributed by atoms with Crippen molar-refractivity contribution in [1.82, 2.24) is 9.13 Å². The van der Waals surface area contributed by atoms with Crippen LogP contribution in [-0.4, -0.2) is 15.8 Å². The number of anilines is 6. The monoisotopic (exact) mass is 1350 g/mol. The van der Waals surface area contributed by atoms with Gasteiger partial charge in [0, 0.05) is 76.3 Å². The standard InChI is InChI=1S/C97H71BN4S/c1-96(2,3)70-58-78(67-33-25-31-64(53-67)62-27-9-6-10-28-62)95(79(59-70)68-34-26-32-65(54-68)63-29-11-7-12-30-63)102-90-60-72(100-84-42-20-15-37-74(84)75-38-16-21-43-85(75)100)48-50-82(90)98-83-51-49-73(101-86-44-22-17-39-76(86)77-40-18-23-45-87(77)101)61-92(83)103-93-57-69(56-91(102)94(93)98)66-47-52-89-81(55-66)97(4,5)80-41-19-24-46-88(80)99(89)71-35-13-8-14-36-71/h6-61H,1-5H3/i15D,16D,17D,18D,20D,21D,22D,23D,37D,38D,39D,40D,42D,43D,44D,45D. The molecule has 103 heavy (non-hydrogen) atoms. The van der Waals surface area contributed by atoms with E-state index >= 15 is 0 Å². The van der Waals surface area contributed by atoms with Gasteiger partial charge in [-0.05, 0) is 193 Å². The predicted molar refractivity (Wildman–Crippen MR) is 438 cm³/mol. The highest BCUT2D eigenvalue weighted by molar-refractivity contribution is 8.00. The zero-order valence-electron chi connectivity index (χ0n) is 72.9. The van der Waals surface area contributed by atoms with Crippen LogP contribution in [0.25, 0.3) is 111 Å². The second-order valence-electron chi connectivity index (χ2n) is 28.4. The van der Waals surface area contributed by atoms with Crippen molar-refractivity contribution in [3.63, 3.8) is 0 Å². The Morgan fingerprint density at radius 3 is 1.38 bits per heavy atom. The van der Waals surface area contributed by atoms with Gasteiger partial charge in [0.2, 0.25) is 6.71 Å². The van der Waals surface area contributed by atoms with E-state index in [1.807, 2.05) is 91.0 Å². The molecule has 0 unspecified atom stereocenters. The fourth-order valence-electron chi connectivity index (χ4n) is 16.2. The summed E-state index contributed by atoms with van der Waals surface area (Å²) in [7, 11) is 0. The Balaban J connectivity index is 0.951. The molecule has 17 aromatic rings. The number of aromatic nitrogens is 2. The van der Waals surface area contributed by atoms with E-state index in [9.17, 15) is 13.7 Å². The molecule has 0 atom stereocenters. The Morgan fingerprint density at radius 2 is 0.816 bits per heavy atom. The summed E-state index contributed by atoms with van der Waals surface area (Å²) in [5.41, 5.74) is 19.6. The van der Waals surface area contributed by atoms with Crippen LogP contribution in [0.5, 0.6) is 0 Å². The summed E-state index contributed by atoms with van der Waals surface area (Å²) < 4.78 is 153. The van der Waals surface area contributed by atoms with Crippen LogP contribution in [0, 0.1) is 0 Å². The molecule has 0 amide bonds. The molecule has 0 saturated heterocycles. The van der Waals surface area contributed by atoms with Gasteiger partial charge in [0.25, 0.3) is 0 Å². The zero-order valence-corrected chi connectivity index (χ0v) is 57.7. The second-order valence-corrected chi connectivity index (χ2v) is 29.5. The molecular weight excluding hydrogens is 1260 g/mol. The summed E-state index contributed by atoms with van der Waals surface area (Å²) in [6, 6.07) is 76.1. The van der Waals surface area contributed by atoms with Gasteiger partial charge in [0.1, 0.15) is 0 Å². The SMILES string of the molecule is [2H]c1c([2H])c([2H])c2c(c1[2H])c1c([2H])c([2H])c([2H])c([2H])c1n2-c1ccc2c(c1)Sc1cc(-c3ccc4c(c3)C(C)(C)c3ccccc3N4c3ccccc3)cc3c1B2c1ccc(-n2c4c([2H])c([2H])c([2H])c([2H])c4c4c([2H])c([2H])c([2H])c([2H])c42)cc1N3c1c(-c2cccc(-c3ccccc3)c2)cc(C(C)(C)C)cc1-c1cccc(-c2ccccc2)c1. The van der Waals surface area contributed by atoms with Crippen LogP contribution >= 0.6 is 11.8 Å². The predicted octanol–water partition coefficient (Wildman–Crippen LogP) is 24.4. The molecule has 20 rings (SSSR count). The average molecular weight is 1350 g/mol. The van der Waals surface area contributed by atoms with Gasteiger partial charge in [0.05, 0.1) is 61.1 Å². The van der Waals surface area contributed by atoms with E-state index in [0.717, 1.165) is 122 Å². The first-order valence-corrected chi connectivity index (χ1v) is 35.5. The van der Waals surface area contributed by atoms with E-state index in [2.05, 4.69) is 196 Å². The highest BCUT2D eigenvalue weighted by atomic mass is 32.2. The van der Waals surface area contributed by atoms with E-state index in [1.165, 1.54) is 11.8 Å². The third-order valence-electron chi connectivity index (χ3n) is 21.2. The normalized spacial score (nSPS) is 15.6. The average Bonchev–Trinajstić information content (AvgIpc) is 1.49. The number of nitrogens with zero attached hydrogens (tertiary/aromatic N) is 4. The summed E-state index contributed by atoms with van der Waals surface area (Å²) in [4.78, 5) is 6.23. The highest BCUT2D eigenvalue weighted by Gasteiger charge is 2.44. The molecule has 15 aromatic carbocycles. The van der Waals surface area contributed by atoms with Gasteiger partial charge in [-0.1, -0.05) is 276 Å². The van der Waals surface area contributed by atoms with Crippen LogP contribution in [-0.2, 0) is 10.8 Å². The Bertz CT molecular complexity index is 7070.